The minimum absolute atomic E-state index is 0.000255. The molecule has 1 aromatic heterocycles. The zero-order valence-corrected chi connectivity index (χ0v) is 19.4. The van der Waals surface area contributed by atoms with Gasteiger partial charge >= 0.3 is 0 Å². The molecule has 3 fully saturated rings. The Kier molecular flexibility index (Phi) is 5.30. The van der Waals surface area contributed by atoms with Crippen LogP contribution in [0.2, 0.25) is 0 Å². The summed E-state index contributed by atoms with van der Waals surface area (Å²) in [4.78, 5) is 53.4. The molecule has 0 spiro atoms. The summed E-state index contributed by atoms with van der Waals surface area (Å²) in [6.45, 7) is 0.633. The molecule has 2 atom stereocenters. The van der Waals surface area contributed by atoms with Crippen molar-refractivity contribution in [3.05, 3.63) is 62.3 Å². The van der Waals surface area contributed by atoms with Gasteiger partial charge in [-0.25, -0.2) is 9.49 Å². The summed E-state index contributed by atoms with van der Waals surface area (Å²) in [7, 11) is 0. The lowest BCUT2D eigenvalue weighted by atomic mass is 9.90. The number of H-pyrrole nitrogens is 1. The second kappa shape index (κ2) is 8.39. The van der Waals surface area contributed by atoms with Crippen LogP contribution in [-0.2, 0) is 28.9 Å². The van der Waals surface area contributed by atoms with Gasteiger partial charge in [-0.3, -0.25) is 19.2 Å². The normalized spacial score (nSPS) is 22.9. The predicted molar refractivity (Wildman–Crippen MR) is 123 cm³/mol. The summed E-state index contributed by atoms with van der Waals surface area (Å²) in [5, 5.41) is 6.84. The van der Waals surface area contributed by atoms with Crippen LogP contribution in [0.4, 0.5) is 4.39 Å². The Labute approximate surface area is 201 Å². The van der Waals surface area contributed by atoms with E-state index in [9.17, 15) is 23.6 Å². The molecule has 8 nitrogen and oxygen atoms in total. The van der Waals surface area contributed by atoms with E-state index in [0.717, 1.165) is 60.9 Å². The van der Waals surface area contributed by atoms with Crippen LogP contribution in [0.15, 0.2) is 23.0 Å². The van der Waals surface area contributed by atoms with Crippen molar-refractivity contribution in [2.45, 2.75) is 63.5 Å². The van der Waals surface area contributed by atoms with E-state index in [1.54, 1.807) is 21.9 Å². The zero-order valence-electron chi connectivity index (χ0n) is 19.4. The van der Waals surface area contributed by atoms with Crippen molar-refractivity contribution >= 4 is 17.6 Å². The third kappa shape index (κ3) is 3.86. The summed E-state index contributed by atoms with van der Waals surface area (Å²) in [5.74, 6) is -1.85. The molecule has 2 saturated heterocycles. The number of aromatic amines is 1. The van der Waals surface area contributed by atoms with Crippen LogP contribution in [-0.4, -0.2) is 62.8 Å². The molecular formula is C26H27FN4O4. The van der Waals surface area contributed by atoms with E-state index in [4.69, 9.17) is 0 Å². The fourth-order valence-corrected chi connectivity index (χ4v) is 5.89. The third-order valence-electron chi connectivity index (χ3n) is 7.94. The number of hydrogen-bond acceptors (Lipinski definition) is 5. The van der Waals surface area contributed by atoms with Crippen LogP contribution < -0.4 is 5.56 Å². The Balaban J connectivity index is 1.19. The minimum Gasteiger partial charge on any atom is -0.332 e. The number of halogens is 1. The number of nitrogens with one attached hydrogen (secondary N) is 1. The second-order valence-electron chi connectivity index (χ2n) is 10.3. The summed E-state index contributed by atoms with van der Waals surface area (Å²) in [5.41, 5.74) is 3.12. The van der Waals surface area contributed by atoms with Gasteiger partial charge in [0.2, 0.25) is 5.78 Å². The quantitative estimate of drug-likeness (QED) is 0.660. The van der Waals surface area contributed by atoms with Gasteiger partial charge in [-0.2, -0.15) is 5.10 Å². The lowest BCUT2D eigenvalue weighted by Crippen LogP contribution is -2.52. The van der Waals surface area contributed by atoms with E-state index >= 15 is 0 Å². The highest BCUT2D eigenvalue weighted by Gasteiger charge is 2.50. The second-order valence-corrected chi connectivity index (χ2v) is 10.3. The Morgan fingerprint density at radius 2 is 1.74 bits per heavy atom. The standard InChI is InChI=1S/C26H27FN4O4/c27-21-8-5-14(10-22-18-3-1-2-4-19(18)24(33)29-28-22)9-20(21)25(34)30-12-17-11-16(30)13-31(17)26(35)23(32)15-6-7-15/h5,8-9,15-17H,1-4,6-7,10-13H2,(H,29,33)/t16-,17+/m0/s1. The number of ketones is 1. The first-order chi connectivity index (χ1) is 16.9. The van der Waals surface area contributed by atoms with Gasteiger partial charge < -0.3 is 9.80 Å². The molecule has 0 radical (unpaired) electrons. The van der Waals surface area contributed by atoms with Crippen molar-refractivity contribution in [3.8, 4) is 0 Å². The highest BCUT2D eigenvalue weighted by Crippen LogP contribution is 2.35. The average molecular weight is 479 g/mol. The number of hydrogen-bond donors (Lipinski definition) is 1. The number of piperazine rings is 1. The number of aromatic nitrogens is 2. The molecule has 6 rings (SSSR count). The molecule has 2 aromatic rings. The van der Waals surface area contributed by atoms with Crippen LogP contribution in [0, 0.1) is 11.7 Å². The van der Waals surface area contributed by atoms with Gasteiger partial charge in [0, 0.05) is 31.0 Å². The number of rotatable bonds is 5. The van der Waals surface area contributed by atoms with Crippen molar-refractivity contribution in [1.82, 2.24) is 20.0 Å². The Morgan fingerprint density at radius 1 is 1.03 bits per heavy atom. The smallest absolute Gasteiger partial charge is 0.290 e. The van der Waals surface area contributed by atoms with E-state index in [1.807, 2.05) is 0 Å². The first-order valence-corrected chi connectivity index (χ1v) is 12.4. The van der Waals surface area contributed by atoms with Gasteiger partial charge in [-0.1, -0.05) is 6.07 Å². The molecule has 1 aromatic carbocycles. The highest BCUT2D eigenvalue weighted by molar-refractivity contribution is 6.37. The molecule has 1 N–H and O–H groups in total. The van der Waals surface area contributed by atoms with Crippen LogP contribution in [0.5, 0.6) is 0 Å². The van der Waals surface area contributed by atoms with Gasteiger partial charge in [0.25, 0.3) is 17.4 Å². The van der Waals surface area contributed by atoms with Crippen LogP contribution in [0.1, 0.15) is 64.8 Å². The summed E-state index contributed by atoms with van der Waals surface area (Å²) in [6.07, 6.45) is 6.09. The van der Waals surface area contributed by atoms with Gasteiger partial charge in [0.05, 0.1) is 23.3 Å². The Hall–Kier alpha value is -3.36. The zero-order chi connectivity index (χ0) is 24.3. The number of benzene rings is 1. The topological polar surface area (TPSA) is 103 Å². The first-order valence-electron chi connectivity index (χ1n) is 12.4. The summed E-state index contributed by atoms with van der Waals surface area (Å²) < 4.78 is 14.8. The maximum Gasteiger partial charge on any atom is 0.290 e. The van der Waals surface area contributed by atoms with Crippen molar-refractivity contribution in [3.63, 3.8) is 0 Å². The molecule has 182 valence electrons. The number of Topliss-reactive ketones (excluding diaryl/α,β-unsaturated/α-hetero) is 1. The molecular weight excluding hydrogens is 451 g/mol. The molecule has 35 heavy (non-hydrogen) atoms. The van der Waals surface area contributed by atoms with E-state index in [0.29, 0.717) is 25.9 Å². The predicted octanol–water partition coefficient (Wildman–Crippen LogP) is 1.78. The molecule has 4 aliphatic rings. The van der Waals surface area contributed by atoms with Gasteiger partial charge in [0.1, 0.15) is 5.82 Å². The van der Waals surface area contributed by atoms with Crippen LogP contribution in [0.3, 0.4) is 0 Å². The van der Waals surface area contributed by atoms with Gasteiger partial charge in [-0.15, -0.1) is 0 Å². The van der Waals surface area contributed by atoms with E-state index in [2.05, 4.69) is 10.2 Å². The van der Waals surface area contributed by atoms with E-state index < -0.39 is 17.6 Å². The Morgan fingerprint density at radius 3 is 2.46 bits per heavy atom. The molecule has 9 heteroatoms. The minimum atomic E-state index is -0.588. The molecule has 2 amide bonds. The lowest BCUT2D eigenvalue weighted by Gasteiger charge is -2.34. The molecule has 2 bridgehead atoms. The maximum absolute atomic E-state index is 14.8. The SMILES string of the molecule is O=C(C(=O)N1C[C@@H]2C[C@@H]1CN2C(=O)c1cc(Cc2n[nH]c(=O)c3c2CCCC3)ccc1F)C1CC1. The molecule has 2 aliphatic carbocycles. The Bertz CT molecular complexity index is 1300. The summed E-state index contributed by atoms with van der Waals surface area (Å²) >= 11 is 0. The van der Waals surface area contributed by atoms with Crippen LogP contribution in [0.25, 0.3) is 0 Å². The van der Waals surface area contributed by atoms with Crippen LogP contribution >= 0.6 is 0 Å². The largest absolute Gasteiger partial charge is 0.332 e. The number of fused-ring (bicyclic) bond motifs is 3. The molecule has 1 saturated carbocycles. The van der Waals surface area contributed by atoms with Crippen molar-refractivity contribution < 1.29 is 18.8 Å². The number of carbonyl (C=O) groups excluding carboxylic acids is 3. The third-order valence-corrected chi connectivity index (χ3v) is 7.94. The van der Waals surface area contributed by atoms with E-state index in [1.165, 1.54) is 6.07 Å². The van der Waals surface area contributed by atoms with Gasteiger partial charge in [0.15, 0.2) is 0 Å². The molecule has 0 unspecified atom stereocenters. The van der Waals surface area contributed by atoms with Crippen molar-refractivity contribution in [2.24, 2.45) is 5.92 Å². The number of amides is 2. The lowest BCUT2D eigenvalue weighted by molar-refractivity contribution is -0.146. The molecule has 2 aliphatic heterocycles. The van der Waals surface area contributed by atoms with E-state index in [-0.39, 0.29) is 34.9 Å². The monoisotopic (exact) mass is 478 g/mol. The fourth-order valence-electron chi connectivity index (χ4n) is 5.89. The van der Waals surface area contributed by atoms with Crippen molar-refractivity contribution in [1.29, 1.82) is 0 Å². The molecule has 3 heterocycles. The van der Waals surface area contributed by atoms with Gasteiger partial charge in [-0.05, 0) is 68.2 Å². The number of likely N-dealkylation sites (tertiary alicyclic amines) is 2. The first kappa shape index (κ1) is 22.1. The highest BCUT2D eigenvalue weighted by atomic mass is 19.1. The average Bonchev–Trinajstić information content (AvgIpc) is 3.53. The maximum atomic E-state index is 14.8. The number of nitrogens with zero attached hydrogens (tertiary/aromatic N) is 3. The number of carbonyl (C=O) groups is 3. The summed E-state index contributed by atoms with van der Waals surface area (Å²) in [6, 6.07) is 4.13. The fraction of sp³-hybridized carbons (Fsp3) is 0.500. The van der Waals surface area contributed by atoms with Crippen molar-refractivity contribution in [2.75, 3.05) is 13.1 Å².